The van der Waals surface area contributed by atoms with E-state index in [-0.39, 0.29) is 11.4 Å². The van der Waals surface area contributed by atoms with Crippen LogP contribution in [0.15, 0.2) is 29.3 Å². The second-order valence-electron chi connectivity index (χ2n) is 4.07. The standard InChI is InChI=1S/C12H15N3O3S2/c1-8-14-6-9(19-8)7-15-20(16,17)10-3-4-11(13)12(5-10)18-2/h3-6,15H,7,13H2,1-2H3. The predicted molar refractivity (Wildman–Crippen MR) is 78.3 cm³/mol. The van der Waals surface area contributed by atoms with Gasteiger partial charge in [0.1, 0.15) is 5.75 Å². The molecule has 0 unspecified atom stereocenters. The Labute approximate surface area is 121 Å². The van der Waals surface area contributed by atoms with E-state index in [9.17, 15) is 8.42 Å². The molecule has 0 bridgehead atoms. The fourth-order valence-corrected chi connectivity index (χ4v) is 3.44. The van der Waals surface area contributed by atoms with Crippen molar-refractivity contribution in [1.29, 1.82) is 0 Å². The molecular formula is C12H15N3O3S2. The zero-order chi connectivity index (χ0) is 14.8. The summed E-state index contributed by atoms with van der Waals surface area (Å²) in [5, 5.41) is 0.897. The highest BCUT2D eigenvalue weighted by atomic mass is 32.2. The lowest BCUT2D eigenvalue weighted by molar-refractivity contribution is 0.415. The molecule has 0 aliphatic rings. The molecule has 3 N–H and O–H groups in total. The third-order valence-corrected chi connectivity index (χ3v) is 4.93. The van der Waals surface area contributed by atoms with Crippen LogP contribution < -0.4 is 15.2 Å². The van der Waals surface area contributed by atoms with Crippen LogP contribution in [0.3, 0.4) is 0 Å². The van der Waals surface area contributed by atoms with Gasteiger partial charge in [0.15, 0.2) is 0 Å². The third-order valence-electron chi connectivity index (χ3n) is 2.62. The number of thiazole rings is 1. The first-order chi connectivity index (χ1) is 9.42. The normalized spacial score (nSPS) is 11.5. The molecule has 8 heteroatoms. The predicted octanol–water partition coefficient (Wildman–Crippen LogP) is 1.52. The minimum Gasteiger partial charge on any atom is -0.495 e. The highest BCUT2D eigenvalue weighted by Gasteiger charge is 2.16. The van der Waals surface area contributed by atoms with Gasteiger partial charge in [-0.3, -0.25) is 0 Å². The second kappa shape index (κ2) is 5.78. The lowest BCUT2D eigenvalue weighted by Gasteiger charge is -2.09. The van der Waals surface area contributed by atoms with Crippen LogP contribution in [0.1, 0.15) is 9.88 Å². The number of nitrogens with one attached hydrogen (secondary N) is 1. The lowest BCUT2D eigenvalue weighted by atomic mass is 10.3. The van der Waals surface area contributed by atoms with Gasteiger partial charge in [0, 0.05) is 23.7 Å². The summed E-state index contributed by atoms with van der Waals surface area (Å²) in [7, 11) is -2.17. The van der Waals surface area contributed by atoms with Crippen molar-refractivity contribution in [3.05, 3.63) is 34.3 Å². The van der Waals surface area contributed by atoms with Gasteiger partial charge in [0.2, 0.25) is 10.0 Å². The van der Waals surface area contributed by atoms with Crippen LogP contribution in [0.25, 0.3) is 0 Å². The smallest absolute Gasteiger partial charge is 0.241 e. The number of hydrogen-bond acceptors (Lipinski definition) is 6. The van der Waals surface area contributed by atoms with Gasteiger partial charge in [-0.2, -0.15) is 0 Å². The number of nitrogens with zero attached hydrogens (tertiary/aromatic N) is 1. The largest absolute Gasteiger partial charge is 0.495 e. The van der Waals surface area contributed by atoms with Crippen molar-refractivity contribution in [1.82, 2.24) is 9.71 Å². The van der Waals surface area contributed by atoms with Gasteiger partial charge in [-0.1, -0.05) is 0 Å². The number of benzene rings is 1. The summed E-state index contributed by atoms with van der Waals surface area (Å²) in [4.78, 5) is 5.05. The summed E-state index contributed by atoms with van der Waals surface area (Å²) in [6.45, 7) is 2.08. The molecule has 0 amide bonds. The fourth-order valence-electron chi connectivity index (χ4n) is 1.60. The van der Waals surface area contributed by atoms with Gasteiger partial charge in [-0.25, -0.2) is 18.1 Å². The van der Waals surface area contributed by atoms with E-state index in [0.717, 1.165) is 9.88 Å². The molecular weight excluding hydrogens is 298 g/mol. The van der Waals surface area contributed by atoms with Crippen molar-refractivity contribution in [3.8, 4) is 5.75 Å². The van der Waals surface area contributed by atoms with E-state index in [2.05, 4.69) is 9.71 Å². The number of ether oxygens (including phenoxy) is 1. The summed E-state index contributed by atoms with van der Waals surface area (Å²) in [5.41, 5.74) is 6.06. The number of rotatable bonds is 5. The molecule has 108 valence electrons. The number of nitrogen functional groups attached to an aromatic ring is 1. The molecule has 20 heavy (non-hydrogen) atoms. The molecule has 0 atom stereocenters. The Hall–Kier alpha value is -1.64. The molecule has 1 heterocycles. The van der Waals surface area contributed by atoms with E-state index in [4.69, 9.17) is 10.5 Å². The Kier molecular flexibility index (Phi) is 4.26. The van der Waals surface area contributed by atoms with Crippen molar-refractivity contribution in [2.75, 3.05) is 12.8 Å². The molecule has 2 aromatic rings. The first-order valence-corrected chi connectivity index (χ1v) is 8.07. The average Bonchev–Trinajstić information content (AvgIpc) is 2.83. The topological polar surface area (TPSA) is 94.3 Å². The van der Waals surface area contributed by atoms with Crippen molar-refractivity contribution >= 4 is 27.0 Å². The molecule has 0 fully saturated rings. The van der Waals surface area contributed by atoms with Gasteiger partial charge in [0.05, 0.1) is 22.7 Å². The fraction of sp³-hybridized carbons (Fsp3) is 0.250. The zero-order valence-electron chi connectivity index (χ0n) is 11.1. The zero-order valence-corrected chi connectivity index (χ0v) is 12.7. The Morgan fingerprint density at radius 3 is 2.80 bits per heavy atom. The SMILES string of the molecule is COc1cc(S(=O)(=O)NCc2cnc(C)s2)ccc1N. The van der Waals surface area contributed by atoms with Gasteiger partial charge >= 0.3 is 0 Å². The number of anilines is 1. The van der Waals surface area contributed by atoms with Crippen molar-refractivity contribution in [3.63, 3.8) is 0 Å². The maximum absolute atomic E-state index is 12.2. The second-order valence-corrected chi connectivity index (χ2v) is 7.16. The van der Waals surface area contributed by atoms with Crippen LogP contribution in [0.5, 0.6) is 5.75 Å². The van der Waals surface area contributed by atoms with E-state index >= 15 is 0 Å². The van der Waals surface area contributed by atoms with Gasteiger partial charge in [-0.15, -0.1) is 11.3 Å². The molecule has 0 saturated carbocycles. The number of sulfonamides is 1. The molecule has 1 aromatic heterocycles. The maximum Gasteiger partial charge on any atom is 0.241 e. The van der Waals surface area contributed by atoms with E-state index in [1.807, 2.05) is 6.92 Å². The highest BCUT2D eigenvalue weighted by Crippen LogP contribution is 2.24. The van der Waals surface area contributed by atoms with Crippen molar-refractivity contribution in [2.45, 2.75) is 18.4 Å². The average molecular weight is 313 g/mol. The lowest BCUT2D eigenvalue weighted by Crippen LogP contribution is -2.22. The Morgan fingerprint density at radius 1 is 1.45 bits per heavy atom. The minimum absolute atomic E-state index is 0.116. The van der Waals surface area contributed by atoms with Gasteiger partial charge in [-0.05, 0) is 19.1 Å². The number of aryl methyl sites for hydroxylation is 1. The highest BCUT2D eigenvalue weighted by molar-refractivity contribution is 7.89. The van der Waals surface area contributed by atoms with Crippen LogP contribution in [0.2, 0.25) is 0 Å². The van der Waals surface area contributed by atoms with Gasteiger partial charge < -0.3 is 10.5 Å². The van der Waals surface area contributed by atoms with Gasteiger partial charge in [0.25, 0.3) is 0 Å². The summed E-state index contributed by atoms with van der Waals surface area (Å²) in [6, 6.07) is 4.35. The first kappa shape index (κ1) is 14.8. The Bertz CT molecular complexity index is 710. The molecule has 0 aliphatic heterocycles. The molecule has 2 rings (SSSR count). The molecule has 0 saturated heterocycles. The van der Waals surface area contributed by atoms with Crippen LogP contribution in [-0.2, 0) is 16.6 Å². The quantitative estimate of drug-likeness (QED) is 0.816. The van der Waals surface area contributed by atoms with Crippen molar-refractivity contribution in [2.24, 2.45) is 0 Å². The summed E-state index contributed by atoms with van der Waals surface area (Å²) < 4.78 is 31.9. The van der Waals surface area contributed by atoms with Crippen LogP contribution in [0, 0.1) is 6.92 Å². The van der Waals surface area contributed by atoms with E-state index < -0.39 is 10.0 Å². The maximum atomic E-state index is 12.2. The summed E-state index contributed by atoms with van der Waals surface area (Å²) in [6.07, 6.45) is 1.66. The van der Waals surface area contributed by atoms with E-state index in [0.29, 0.717) is 11.4 Å². The Balaban J connectivity index is 2.17. The number of hydrogen-bond donors (Lipinski definition) is 2. The first-order valence-electron chi connectivity index (χ1n) is 5.77. The molecule has 0 aliphatic carbocycles. The molecule has 6 nitrogen and oxygen atoms in total. The van der Waals surface area contributed by atoms with Crippen molar-refractivity contribution < 1.29 is 13.2 Å². The minimum atomic E-state index is -3.61. The van der Waals surface area contributed by atoms with Crippen LogP contribution >= 0.6 is 11.3 Å². The van der Waals surface area contributed by atoms with E-state index in [1.54, 1.807) is 6.20 Å². The molecule has 0 radical (unpaired) electrons. The van der Waals surface area contributed by atoms with Crippen LogP contribution in [-0.4, -0.2) is 20.5 Å². The summed E-state index contributed by atoms with van der Waals surface area (Å²) >= 11 is 1.45. The van der Waals surface area contributed by atoms with E-state index in [1.165, 1.54) is 36.6 Å². The third kappa shape index (κ3) is 3.27. The molecule has 1 aromatic carbocycles. The number of nitrogens with two attached hydrogens (primary N) is 1. The number of aromatic nitrogens is 1. The summed E-state index contributed by atoms with van der Waals surface area (Å²) in [5.74, 6) is 0.335. The Morgan fingerprint density at radius 2 is 2.20 bits per heavy atom. The monoisotopic (exact) mass is 313 g/mol. The molecule has 0 spiro atoms. The van der Waals surface area contributed by atoms with Crippen LogP contribution in [0.4, 0.5) is 5.69 Å². The number of methoxy groups -OCH3 is 1.